The lowest BCUT2D eigenvalue weighted by molar-refractivity contribution is -0.0500. The van der Waals surface area contributed by atoms with Gasteiger partial charge in [-0.2, -0.15) is 14.0 Å². The summed E-state index contributed by atoms with van der Waals surface area (Å²) in [6.07, 6.45) is 0. The molecule has 102 valence electrons. The van der Waals surface area contributed by atoms with E-state index in [0.29, 0.717) is 5.56 Å². The van der Waals surface area contributed by atoms with Crippen molar-refractivity contribution < 1.29 is 23.0 Å². The van der Waals surface area contributed by atoms with E-state index >= 15 is 0 Å². The van der Waals surface area contributed by atoms with Gasteiger partial charge in [-0.1, -0.05) is 15.9 Å². The highest BCUT2D eigenvalue weighted by atomic mass is 79.9. The van der Waals surface area contributed by atoms with E-state index in [1.165, 1.54) is 12.1 Å². The minimum absolute atomic E-state index is 0.145. The monoisotopic (exact) mass is 333 g/mol. The molecule has 0 heterocycles. The molecule has 4 nitrogen and oxygen atoms in total. The van der Waals surface area contributed by atoms with Crippen molar-refractivity contribution >= 4 is 21.9 Å². The molecular weight excluding hydrogens is 324 g/mol. The number of alkyl halides is 3. The van der Waals surface area contributed by atoms with E-state index in [-0.39, 0.29) is 28.8 Å². The van der Waals surface area contributed by atoms with Gasteiger partial charge >= 0.3 is 12.6 Å². The number of nitrogens with zero attached hydrogens (tertiary/aromatic N) is 1. The number of hydrogen-bond acceptors (Lipinski definition) is 4. The predicted molar refractivity (Wildman–Crippen MR) is 66.4 cm³/mol. The standard InChI is InChI=1S/C12H10BrF2NO3/c1-2-18-11(17)9-3-8(6-16)10(19-12(14)15)4-7(9)5-13/h3-4,12H,2,5H2,1H3. The van der Waals surface area contributed by atoms with Gasteiger partial charge in [0.25, 0.3) is 0 Å². The Bertz CT molecular complexity index is 514. The Balaban J connectivity index is 3.27. The minimum Gasteiger partial charge on any atom is -0.462 e. The molecule has 7 heteroatoms. The molecule has 1 aromatic rings. The van der Waals surface area contributed by atoms with Crippen LogP contribution in [0.5, 0.6) is 5.75 Å². The van der Waals surface area contributed by atoms with Gasteiger partial charge in [-0.15, -0.1) is 0 Å². The van der Waals surface area contributed by atoms with E-state index in [1.807, 2.05) is 0 Å². The SMILES string of the molecule is CCOC(=O)c1cc(C#N)c(OC(F)F)cc1CBr. The summed E-state index contributed by atoms with van der Waals surface area (Å²) in [7, 11) is 0. The maximum absolute atomic E-state index is 12.2. The highest BCUT2D eigenvalue weighted by Crippen LogP contribution is 2.27. The number of rotatable bonds is 5. The number of carbonyl (C=O) groups is 1. The molecule has 0 aromatic heterocycles. The third kappa shape index (κ3) is 3.89. The van der Waals surface area contributed by atoms with Gasteiger partial charge in [0.05, 0.1) is 17.7 Å². The number of halogens is 3. The molecule has 0 atom stereocenters. The second-order valence-electron chi connectivity index (χ2n) is 3.35. The average molecular weight is 334 g/mol. The molecule has 1 rings (SSSR count). The van der Waals surface area contributed by atoms with Crippen LogP contribution in [0, 0.1) is 11.3 Å². The van der Waals surface area contributed by atoms with Gasteiger partial charge < -0.3 is 9.47 Å². The Hall–Kier alpha value is -1.68. The van der Waals surface area contributed by atoms with Crippen molar-refractivity contribution in [1.29, 1.82) is 5.26 Å². The second kappa shape index (κ2) is 7.04. The first kappa shape index (κ1) is 15.4. The summed E-state index contributed by atoms with van der Waals surface area (Å²) < 4.78 is 33.5. The molecule has 0 N–H and O–H groups in total. The lowest BCUT2D eigenvalue weighted by Crippen LogP contribution is -2.10. The highest BCUT2D eigenvalue weighted by molar-refractivity contribution is 9.08. The zero-order valence-electron chi connectivity index (χ0n) is 9.95. The van der Waals surface area contributed by atoms with Crippen LogP contribution in [0.15, 0.2) is 12.1 Å². The molecule has 1 aromatic carbocycles. The molecule has 0 amide bonds. The third-order valence-electron chi connectivity index (χ3n) is 2.18. The van der Waals surface area contributed by atoms with E-state index in [1.54, 1.807) is 13.0 Å². The minimum atomic E-state index is -3.04. The van der Waals surface area contributed by atoms with Crippen LogP contribution in [-0.4, -0.2) is 19.2 Å². The Morgan fingerprint density at radius 2 is 2.21 bits per heavy atom. The van der Waals surface area contributed by atoms with E-state index in [2.05, 4.69) is 20.7 Å². The highest BCUT2D eigenvalue weighted by Gasteiger charge is 2.18. The number of carbonyl (C=O) groups excluding carboxylic acids is 1. The zero-order chi connectivity index (χ0) is 14.4. The number of esters is 1. The first-order valence-corrected chi connectivity index (χ1v) is 6.40. The van der Waals surface area contributed by atoms with Gasteiger partial charge in [-0.25, -0.2) is 4.79 Å². The largest absolute Gasteiger partial charge is 0.462 e. The summed E-state index contributed by atoms with van der Waals surface area (Å²) in [5.41, 5.74) is 0.415. The molecule has 19 heavy (non-hydrogen) atoms. The van der Waals surface area contributed by atoms with E-state index < -0.39 is 12.6 Å². The van der Waals surface area contributed by atoms with Crippen molar-refractivity contribution in [2.45, 2.75) is 18.9 Å². The maximum Gasteiger partial charge on any atom is 0.387 e. The van der Waals surface area contributed by atoms with Crippen LogP contribution in [0.2, 0.25) is 0 Å². The summed E-state index contributed by atoms with van der Waals surface area (Å²) in [6.45, 7) is -1.22. The van der Waals surface area contributed by atoms with E-state index in [4.69, 9.17) is 10.00 Å². The number of hydrogen-bond donors (Lipinski definition) is 0. The molecule has 0 unspecified atom stereocenters. The fraction of sp³-hybridized carbons (Fsp3) is 0.333. The van der Waals surface area contributed by atoms with E-state index in [0.717, 1.165) is 0 Å². The summed E-state index contributed by atoms with van der Waals surface area (Å²) >= 11 is 3.14. The number of ether oxygens (including phenoxy) is 2. The van der Waals surface area contributed by atoms with Crippen LogP contribution >= 0.6 is 15.9 Å². The molecule has 0 saturated heterocycles. The maximum atomic E-state index is 12.2. The summed E-state index contributed by atoms with van der Waals surface area (Å²) in [5, 5.41) is 9.13. The predicted octanol–water partition coefficient (Wildman–Crippen LogP) is 3.23. The summed E-state index contributed by atoms with van der Waals surface area (Å²) in [5.74, 6) is -0.878. The Morgan fingerprint density at radius 1 is 1.53 bits per heavy atom. The Kier molecular flexibility index (Phi) is 5.70. The quantitative estimate of drug-likeness (QED) is 0.613. The van der Waals surface area contributed by atoms with Crippen molar-refractivity contribution in [3.63, 3.8) is 0 Å². The molecule has 0 bridgehead atoms. The molecule has 0 fully saturated rings. The fourth-order valence-corrected chi connectivity index (χ4v) is 1.88. The van der Waals surface area contributed by atoms with Gasteiger partial charge in [0.15, 0.2) is 0 Å². The van der Waals surface area contributed by atoms with Crippen molar-refractivity contribution in [1.82, 2.24) is 0 Å². The molecule has 0 spiro atoms. The summed E-state index contributed by atoms with van der Waals surface area (Å²) in [4.78, 5) is 11.7. The van der Waals surface area contributed by atoms with Crippen LogP contribution < -0.4 is 4.74 Å². The molecule has 0 aliphatic carbocycles. The van der Waals surface area contributed by atoms with Gasteiger partial charge in [-0.05, 0) is 24.6 Å². The zero-order valence-corrected chi connectivity index (χ0v) is 11.5. The molecule has 0 aliphatic heterocycles. The normalized spacial score (nSPS) is 10.1. The van der Waals surface area contributed by atoms with Crippen molar-refractivity contribution in [2.75, 3.05) is 6.61 Å². The van der Waals surface area contributed by atoms with E-state index in [9.17, 15) is 13.6 Å². The lowest BCUT2D eigenvalue weighted by atomic mass is 10.0. The van der Waals surface area contributed by atoms with Gasteiger partial charge in [0.2, 0.25) is 0 Å². The van der Waals surface area contributed by atoms with Gasteiger partial charge in [0.1, 0.15) is 11.8 Å². The number of nitriles is 1. The molecule has 0 aliphatic rings. The second-order valence-corrected chi connectivity index (χ2v) is 3.91. The topological polar surface area (TPSA) is 59.3 Å². The Labute approximate surface area is 117 Å². The Morgan fingerprint density at radius 3 is 2.68 bits per heavy atom. The molecule has 0 saturated carbocycles. The van der Waals surface area contributed by atoms with Crippen molar-refractivity contribution in [3.05, 3.63) is 28.8 Å². The first-order valence-electron chi connectivity index (χ1n) is 5.28. The van der Waals surface area contributed by atoms with Gasteiger partial charge in [-0.3, -0.25) is 0 Å². The van der Waals surface area contributed by atoms with Gasteiger partial charge in [0, 0.05) is 5.33 Å². The van der Waals surface area contributed by atoms with Crippen LogP contribution in [0.25, 0.3) is 0 Å². The fourth-order valence-electron chi connectivity index (χ4n) is 1.41. The van der Waals surface area contributed by atoms with Crippen LogP contribution in [-0.2, 0) is 10.1 Å². The summed E-state index contributed by atoms with van der Waals surface area (Å²) in [6, 6.07) is 4.12. The van der Waals surface area contributed by atoms with Crippen molar-refractivity contribution in [3.8, 4) is 11.8 Å². The van der Waals surface area contributed by atoms with Crippen LogP contribution in [0.4, 0.5) is 8.78 Å². The smallest absolute Gasteiger partial charge is 0.387 e. The number of benzene rings is 1. The van der Waals surface area contributed by atoms with Crippen molar-refractivity contribution in [2.24, 2.45) is 0 Å². The average Bonchev–Trinajstić information content (AvgIpc) is 2.37. The lowest BCUT2D eigenvalue weighted by Gasteiger charge is -2.11. The first-order chi connectivity index (χ1) is 9.03. The third-order valence-corrected chi connectivity index (χ3v) is 2.79. The molecule has 0 radical (unpaired) electrons. The van der Waals surface area contributed by atoms with Crippen LogP contribution in [0.1, 0.15) is 28.4 Å². The van der Waals surface area contributed by atoms with Crippen LogP contribution in [0.3, 0.4) is 0 Å². The molecular formula is C12H10BrF2NO3.